The second-order valence-electron chi connectivity index (χ2n) is 6.95. The molecular formula is C16H30N6O. The summed E-state index contributed by atoms with van der Waals surface area (Å²) in [7, 11) is 3.63. The zero-order chi connectivity index (χ0) is 16.8. The van der Waals surface area contributed by atoms with E-state index in [0.717, 1.165) is 51.5 Å². The molecule has 130 valence electrons. The summed E-state index contributed by atoms with van der Waals surface area (Å²) in [6.07, 6.45) is 2.73. The number of nitrogens with zero attached hydrogens (tertiary/aromatic N) is 6. The molecule has 1 aliphatic rings. The lowest BCUT2D eigenvalue weighted by molar-refractivity contribution is -0.129. The van der Waals surface area contributed by atoms with Gasteiger partial charge in [0, 0.05) is 33.7 Å². The predicted molar refractivity (Wildman–Crippen MR) is 89.9 cm³/mol. The Morgan fingerprint density at radius 2 is 1.91 bits per heavy atom. The van der Waals surface area contributed by atoms with Gasteiger partial charge in [0.15, 0.2) is 0 Å². The van der Waals surface area contributed by atoms with E-state index in [9.17, 15) is 4.79 Å². The first-order valence-corrected chi connectivity index (χ1v) is 8.47. The zero-order valence-corrected chi connectivity index (χ0v) is 14.9. The normalized spacial score (nSPS) is 17.4. The predicted octanol–water partition coefficient (Wildman–Crippen LogP) is 0.530. The van der Waals surface area contributed by atoms with Gasteiger partial charge >= 0.3 is 0 Å². The molecule has 2 heterocycles. The summed E-state index contributed by atoms with van der Waals surface area (Å²) in [5.41, 5.74) is 0. The van der Waals surface area contributed by atoms with Crippen LogP contribution in [0.1, 0.15) is 26.1 Å². The summed E-state index contributed by atoms with van der Waals surface area (Å²) in [4.78, 5) is 22.6. The molecule has 7 nitrogen and oxygen atoms in total. The van der Waals surface area contributed by atoms with Crippen molar-refractivity contribution in [2.75, 3.05) is 46.8 Å². The number of amides is 1. The molecule has 23 heavy (non-hydrogen) atoms. The van der Waals surface area contributed by atoms with E-state index >= 15 is 0 Å². The summed E-state index contributed by atoms with van der Waals surface area (Å²) in [6, 6.07) is 0. The van der Waals surface area contributed by atoms with E-state index in [1.165, 1.54) is 0 Å². The van der Waals surface area contributed by atoms with Crippen LogP contribution < -0.4 is 0 Å². The maximum Gasteiger partial charge on any atom is 0.236 e. The Morgan fingerprint density at radius 1 is 1.22 bits per heavy atom. The highest BCUT2D eigenvalue weighted by atomic mass is 16.2. The fourth-order valence-electron chi connectivity index (χ4n) is 2.78. The Labute approximate surface area is 139 Å². The van der Waals surface area contributed by atoms with Gasteiger partial charge in [0.05, 0.1) is 13.1 Å². The van der Waals surface area contributed by atoms with Gasteiger partial charge in [-0.25, -0.2) is 9.67 Å². The molecular weight excluding hydrogens is 292 g/mol. The number of carbonyl (C=O) groups excluding carboxylic acids is 1. The number of rotatable bonds is 6. The average molecular weight is 322 g/mol. The maximum atomic E-state index is 11.9. The Kier molecular flexibility index (Phi) is 6.53. The highest BCUT2D eigenvalue weighted by molar-refractivity contribution is 5.77. The summed E-state index contributed by atoms with van der Waals surface area (Å²) >= 11 is 0. The van der Waals surface area contributed by atoms with Crippen molar-refractivity contribution in [3.05, 3.63) is 12.2 Å². The molecule has 0 unspecified atom stereocenters. The van der Waals surface area contributed by atoms with Gasteiger partial charge in [-0.2, -0.15) is 5.10 Å². The Balaban J connectivity index is 1.86. The minimum atomic E-state index is 0.176. The highest BCUT2D eigenvalue weighted by Gasteiger charge is 2.19. The van der Waals surface area contributed by atoms with Gasteiger partial charge in [0.2, 0.25) is 5.91 Å². The third-order valence-corrected chi connectivity index (χ3v) is 4.14. The van der Waals surface area contributed by atoms with Gasteiger partial charge in [-0.1, -0.05) is 13.8 Å². The first-order chi connectivity index (χ1) is 11.0. The molecule has 0 bridgehead atoms. The largest absolute Gasteiger partial charge is 0.348 e. The SMILES string of the molecule is CC(C)Cn1ncnc1CN1CCCN(CC(=O)N(C)C)CC1. The summed E-state index contributed by atoms with van der Waals surface area (Å²) in [6.45, 7) is 10.6. The summed E-state index contributed by atoms with van der Waals surface area (Å²) < 4.78 is 2.02. The summed E-state index contributed by atoms with van der Waals surface area (Å²) in [5, 5.41) is 4.34. The van der Waals surface area contributed by atoms with E-state index < -0.39 is 0 Å². The molecule has 2 rings (SSSR count). The molecule has 7 heteroatoms. The van der Waals surface area contributed by atoms with Crippen LogP contribution in [-0.4, -0.2) is 82.2 Å². The van der Waals surface area contributed by atoms with E-state index in [4.69, 9.17) is 0 Å². The molecule has 0 saturated carbocycles. The Morgan fingerprint density at radius 3 is 2.61 bits per heavy atom. The van der Waals surface area contributed by atoms with Crippen LogP contribution in [0.25, 0.3) is 0 Å². The molecule has 1 amide bonds. The lowest BCUT2D eigenvalue weighted by Gasteiger charge is -2.22. The van der Waals surface area contributed by atoms with Crippen LogP contribution in [0, 0.1) is 5.92 Å². The van der Waals surface area contributed by atoms with Crippen LogP contribution in [0.2, 0.25) is 0 Å². The van der Waals surface area contributed by atoms with Crippen molar-refractivity contribution in [1.29, 1.82) is 0 Å². The van der Waals surface area contributed by atoms with E-state index in [1.54, 1.807) is 11.2 Å². The van der Waals surface area contributed by atoms with Crippen molar-refractivity contribution in [1.82, 2.24) is 29.5 Å². The van der Waals surface area contributed by atoms with Crippen LogP contribution in [0.3, 0.4) is 0 Å². The monoisotopic (exact) mass is 322 g/mol. The van der Waals surface area contributed by atoms with Gasteiger partial charge in [-0.15, -0.1) is 0 Å². The molecule has 0 N–H and O–H groups in total. The number of hydrogen-bond donors (Lipinski definition) is 0. The quantitative estimate of drug-likeness (QED) is 0.765. The zero-order valence-electron chi connectivity index (χ0n) is 14.9. The molecule has 1 aromatic heterocycles. The highest BCUT2D eigenvalue weighted by Crippen LogP contribution is 2.09. The topological polar surface area (TPSA) is 57.5 Å². The molecule has 0 spiro atoms. The Hall–Kier alpha value is -1.47. The summed E-state index contributed by atoms with van der Waals surface area (Å²) in [5.74, 6) is 1.78. The second kappa shape index (κ2) is 8.40. The van der Waals surface area contributed by atoms with Crippen LogP contribution in [-0.2, 0) is 17.9 Å². The number of hydrogen-bond acceptors (Lipinski definition) is 5. The average Bonchev–Trinajstić information content (AvgIpc) is 2.77. The molecule has 0 radical (unpaired) electrons. The Bertz CT molecular complexity index is 499. The van der Waals surface area contributed by atoms with Crippen LogP contribution in [0.5, 0.6) is 0 Å². The van der Waals surface area contributed by atoms with E-state index in [1.807, 2.05) is 18.8 Å². The van der Waals surface area contributed by atoms with Crippen molar-refractivity contribution < 1.29 is 4.79 Å². The molecule has 1 aliphatic heterocycles. The van der Waals surface area contributed by atoms with Gasteiger partial charge in [-0.3, -0.25) is 14.6 Å². The maximum absolute atomic E-state index is 11.9. The molecule has 1 saturated heterocycles. The molecule has 0 aliphatic carbocycles. The van der Waals surface area contributed by atoms with Crippen LogP contribution >= 0.6 is 0 Å². The van der Waals surface area contributed by atoms with Crippen LogP contribution in [0.4, 0.5) is 0 Å². The van der Waals surface area contributed by atoms with Crippen molar-refractivity contribution in [3.63, 3.8) is 0 Å². The fraction of sp³-hybridized carbons (Fsp3) is 0.812. The molecule has 0 atom stereocenters. The third kappa shape index (κ3) is 5.58. The van der Waals surface area contributed by atoms with Gasteiger partial charge in [0.1, 0.15) is 12.2 Å². The van der Waals surface area contributed by atoms with Gasteiger partial charge < -0.3 is 4.90 Å². The van der Waals surface area contributed by atoms with Gasteiger partial charge in [0.25, 0.3) is 0 Å². The fourth-order valence-corrected chi connectivity index (χ4v) is 2.78. The third-order valence-electron chi connectivity index (χ3n) is 4.14. The minimum Gasteiger partial charge on any atom is -0.348 e. The minimum absolute atomic E-state index is 0.176. The lowest BCUT2D eigenvalue weighted by atomic mass is 10.2. The van der Waals surface area contributed by atoms with Crippen molar-refractivity contribution in [2.24, 2.45) is 5.92 Å². The molecule has 1 aromatic rings. The second-order valence-corrected chi connectivity index (χ2v) is 6.95. The van der Waals surface area contributed by atoms with Crippen molar-refractivity contribution >= 4 is 5.91 Å². The van der Waals surface area contributed by atoms with E-state index in [-0.39, 0.29) is 5.91 Å². The smallest absolute Gasteiger partial charge is 0.236 e. The number of likely N-dealkylation sites (N-methyl/N-ethyl adjacent to an activating group) is 1. The van der Waals surface area contributed by atoms with E-state index in [0.29, 0.717) is 12.5 Å². The number of carbonyl (C=O) groups is 1. The number of aromatic nitrogens is 3. The van der Waals surface area contributed by atoms with Gasteiger partial charge in [-0.05, 0) is 25.4 Å². The van der Waals surface area contributed by atoms with Crippen molar-refractivity contribution in [3.8, 4) is 0 Å². The molecule has 1 fully saturated rings. The first kappa shape index (κ1) is 17.9. The van der Waals surface area contributed by atoms with Crippen LogP contribution in [0.15, 0.2) is 6.33 Å². The first-order valence-electron chi connectivity index (χ1n) is 8.47. The standard InChI is InChI=1S/C16H30N6O/c1-14(2)10-22-15(17-13-18-22)11-20-6-5-7-21(9-8-20)12-16(23)19(3)4/h13-14H,5-12H2,1-4H3. The van der Waals surface area contributed by atoms with E-state index in [2.05, 4.69) is 33.7 Å². The molecule has 0 aromatic carbocycles. The lowest BCUT2D eigenvalue weighted by Crippen LogP contribution is -2.38. The van der Waals surface area contributed by atoms with Crippen molar-refractivity contribution in [2.45, 2.75) is 33.4 Å².